The first-order valence-electron chi connectivity index (χ1n) is 11.2. The van der Waals surface area contributed by atoms with Crippen LogP contribution in [0.3, 0.4) is 0 Å². The summed E-state index contributed by atoms with van der Waals surface area (Å²) < 4.78 is 21.5. The minimum atomic E-state index is -0.363. The van der Waals surface area contributed by atoms with Crippen LogP contribution in [0.15, 0.2) is 83.0 Å². The van der Waals surface area contributed by atoms with E-state index in [0.29, 0.717) is 38.9 Å². The van der Waals surface area contributed by atoms with Gasteiger partial charge in [-0.3, -0.25) is 0 Å². The van der Waals surface area contributed by atoms with Crippen LogP contribution in [0, 0.1) is 5.82 Å². The number of nitrogens with zero attached hydrogens (tertiary/aromatic N) is 6. The number of rotatable bonds is 5. The van der Waals surface area contributed by atoms with Crippen molar-refractivity contribution in [3.63, 3.8) is 0 Å². The molecule has 0 fully saturated rings. The highest BCUT2D eigenvalue weighted by molar-refractivity contribution is 7.21. The van der Waals surface area contributed by atoms with Crippen LogP contribution in [-0.2, 0) is 0 Å². The molecule has 0 saturated carbocycles. The van der Waals surface area contributed by atoms with Gasteiger partial charge >= 0.3 is 0 Å². The van der Waals surface area contributed by atoms with Crippen LogP contribution in [0.25, 0.3) is 37.7 Å². The molecule has 3 aromatic heterocycles. The number of para-hydroxylation sites is 1. The maximum atomic E-state index is 13.8. The van der Waals surface area contributed by atoms with Crippen molar-refractivity contribution >= 4 is 50.2 Å². The van der Waals surface area contributed by atoms with Crippen molar-refractivity contribution in [3.05, 3.63) is 78.6 Å². The molecule has 3 heterocycles. The maximum Gasteiger partial charge on any atom is 0.187 e. The van der Waals surface area contributed by atoms with E-state index in [1.165, 1.54) is 23.5 Å². The number of ether oxygens (including phenoxy) is 1. The lowest BCUT2D eigenvalue weighted by Crippen LogP contribution is -2.05. The van der Waals surface area contributed by atoms with Gasteiger partial charge in [0, 0.05) is 5.56 Å². The molecule has 0 aliphatic carbocycles. The Labute approximate surface area is 213 Å². The molecule has 0 radical (unpaired) electrons. The third-order valence-electron chi connectivity index (χ3n) is 5.76. The molecule has 4 N–H and O–H groups in total. The van der Waals surface area contributed by atoms with Gasteiger partial charge in [-0.05, 0) is 60.7 Å². The number of hydrogen-bond donors (Lipinski definition) is 2. The van der Waals surface area contributed by atoms with Gasteiger partial charge in [-0.1, -0.05) is 12.1 Å². The fourth-order valence-electron chi connectivity index (χ4n) is 3.99. The van der Waals surface area contributed by atoms with Crippen LogP contribution in [0.2, 0.25) is 0 Å². The van der Waals surface area contributed by atoms with Gasteiger partial charge in [0.1, 0.15) is 22.4 Å². The van der Waals surface area contributed by atoms with Crippen molar-refractivity contribution in [1.82, 2.24) is 19.6 Å². The third kappa shape index (κ3) is 4.00. The zero-order valence-electron chi connectivity index (χ0n) is 19.5. The predicted molar refractivity (Wildman–Crippen MR) is 143 cm³/mol. The Morgan fingerprint density at radius 1 is 0.892 bits per heavy atom. The molecule has 0 aliphatic rings. The van der Waals surface area contributed by atoms with Gasteiger partial charge in [0.2, 0.25) is 0 Å². The van der Waals surface area contributed by atoms with Crippen molar-refractivity contribution in [2.45, 2.75) is 0 Å². The fourth-order valence-corrected chi connectivity index (χ4v) is 5.01. The van der Waals surface area contributed by atoms with Crippen LogP contribution < -0.4 is 16.2 Å². The van der Waals surface area contributed by atoms with E-state index in [1.807, 2.05) is 24.3 Å². The van der Waals surface area contributed by atoms with Crippen LogP contribution in [-0.4, -0.2) is 26.7 Å². The molecule has 0 bridgehead atoms. The summed E-state index contributed by atoms with van der Waals surface area (Å²) in [6.45, 7) is 0. The summed E-state index contributed by atoms with van der Waals surface area (Å²) in [6.07, 6.45) is 0. The summed E-state index contributed by atoms with van der Waals surface area (Å²) in [5.74, 6) is 0.674. The lowest BCUT2D eigenvalue weighted by molar-refractivity contribution is 0.415. The van der Waals surface area contributed by atoms with E-state index in [1.54, 1.807) is 48.0 Å². The summed E-state index contributed by atoms with van der Waals surface area (Å²) in [7, 11) is 1.59. The number of hydrogen-bond acceptors (Lipinski definition) is 9. The lowest BCUT2D eigenvalue weighted by atomic mass is 10.1. The van der Waals surface area contributed by atoms with Gasteiger partial charge in [0.25, 0.3) is 0 Å². The van der Waals surface area contributed by atoms with Gasteiger partial charge in [0.05, 0.1) is 34.3 Å². The molecule has 0 spiro atoms. The summed E-state index contributed by atoms with van der Waals surface area (Å²) in [5.41, 5.74) is 16.6. The molecule has 6 rings (SSSR count). The number of anilines is 2. The number of nitrogens with two attached hydrogens (primary N) is 2. The SMILES string of the molecule is COc1ccc(N=Nc2c(N)nn3c(-c4ccc(F)cc4)c(-c4nc5ccccc5s4)c(N)nc23)cc1. The number of halogens is 1. The number of benzene rings is 3. The standard InChI is InChI=1S/C26H19FN8OS/c1-36-17-12-10-16(11-13-17)32-33-21-24(29)34-35-22(14-6-8-15(27)9-7-14)20(23(28)31-25(21)35)26-30-18-4-2-3-5-19(18)37-26/h2-13H,1H3,(H2,28,31)(H2,29,34). The topological polar surface area (TPSA) is 129 Å². The fraction of sp³-hybridized carbons (Fsp3) is 0.0385. The zero-order chi connectivity index (χ0) is 25.5. The van der Waals surface area contributed by atoms with Crippen molar-refractivity contribution in [2.75, 3.05) is 18.6 Å². The van der Waals surface area contributed by atoms with Crippen molar-refractivity contribution < 1.29 is 9.13 Å². The van der Waals surface area contributed by atoms with Gasteiger partial charge in [-0.15, -0.1) is 21.5 Å². The molecule has 37 heavy (non-hydrogen) atoms. The van der Waals surface area contributed by atoms with Gasteiger partial charge in [0.15, 0.2) is 17.2 Å². The highest BCUT2D eigenvalue weighted by Crippen LogP contribution is 2.42. The van der Waals surface area contributed by atoms with Crippen LogP contribution >= 0.6 is 11.3 Å². The quantitative estimate of drug-likeness (QED) is 0.258. The van der Waals surface area contributed by atoms with E-state index in [-0.39, 0.29) is 23.1 Å². The van der Waals surface area contributed by atoms with E-state index in [4.69, 9.17) is 21.2 Å². The molecule has 0 aliphatic heterocycles. The molecule has 11 heteroatoms. The summed E-state index contributed by atoms with van der Waals surface area (Å²) in [5, 5.41) is 13.8. The van der Waals surface area contributed by atoms with E-state index < -0.39 is 0 Å². The Kier molecular flexibility index (Phi) is 5.46. The van der Waals surface area contributed by atoms with Gasteiger partial charge in [-0.25, -0.2) is 18.9 Å². The molecule has 0 saturated heterocycles. The molecule has 0 amide bonds. The monoisotopic (exact) mass is 510 g/mol. The Morgan fingerprint density at radius 2 is 1.65 bits per heavy atom. The molecular weight excluding hydrogens is 491 g/mol. The van der Waals surface area contributed by atoms with Crippen LogP contribution in [0.5, 0.6) is 5.75 Å². The minimum absolute atomic E-state index is 0.119. The smallest absolute Gasteiger partial charge is 0.187 e. The van der Waals surface area contributed by atoms with Gasteiger partial charge < -0.3 is 16.2 Å². The Hall–Kier alpha value is -4.90. The Morgan fingerprint density at radius 3 is 2.38 bits per heavy atom. The number of thiazole rings is 1. The molecule has 0 atom stereocenters. The molecule has 6 aromatic rings. The van der Waals surface area contributed by atoms with Crippen LogP contribution in [0.1, 0.15) is 0 Å². The molecule has 3 aromatic carbocycles. The highest BCUT2D eigenvalue weighted by Gasteiger charge is 2.24. The normalized spacial score (nSPS) is 11.6. The molecule has 9 nitrogen and oxygen atoms in total. The van der Waals surface area contributed by atoms with E-state index in [9.17, 15) is 4.39 Å². The summed E-state index contributed by atoms with van der Waals surface area (Å²) >= 11 is 1.48. The van der Waals surface area contributed by atoms with Crippen LogP contribution in [0.4, 0.5) is 27.4 Å². The largest absolute Gasteiger partial charge is 0.497 e. The molecular formula is C26H19FN8OS. The second kappa shape index (κ2) is 8.95. The second-order valence-corrected chi connectivity index (χ2v) is 9.11. The van der Waals surface area contributed by atoms with Gasteiger partial charge in [-0.2, -0.15) is 5.11 Å². The van der Waals surface area contributed by atoms with E-state index in [2.05, 4.69) is 20.3 Å². The molecule has 182 valence electrons. The number of aromatic nitrogens is 4. The second-order valence-electron chi connectivity index (χ2n) is 8.08. The third-order valence-corrected chi connectivity index (χ3v) is 6.81. The first-order valence-corrected chi connectivity index (χ1v) is 12.0. The Bertz CT molecular complexity index is 1760. The summed E-state index contributed by atoms with van der Waals surface area (Å²) in [6, 6.07) is 20.9. The predicted octanol–water partition coefficient (Wildman–Crippen LogP) is 6.40. The average molecular weight is 511 g/mol. The zero-order valence-corrected chi connectivity index (χ0v) is 20.3. The first kappa shape index (κ1) is 22.6. The number of methoxy groups -OCH3 is 1. The summed E-state index contributed by atoms with van der Waals surface area (Å²) in [4.78, 5) is 9.38. The van der Waals surface area contributed by atoms with E-state index in [0.717, 1.165) is 10.2 Å². The van der Waals surface area contributed by atoms with Crippen molar-refractivity contribution in [1.29, 1.82) is 0 Å². The number of azo groups is 1. The van der Waals surface area contributed by atoms with Crippen molar-refractivity contribution in [3.8, 4) is 27.6 Å². The number of nitrogen functional groups attached to an aromatic ring is 2. The minimum Gasteiger partial charge on any atom is -0.497 e. The highest BCUT2D eigenvalue weighted by atomic mass is 32.1. The maximum absolute atomic E-state index is 13.8. The van der Waals surface area contributed by atoms with Crippen molar-refractivity contribution in [2.24, 2.45) is 10.2 Å². The van der Waals surface area contributed by atoms with E-state index >= 15 is 0 Å². The lowest BCUT2D eigenvalue weighted by Gasteiger charge is -2.12. The first-order chi connectivity index (χ1) is 18.0. The number of fused-ring (bicyclic) bond motifs is 2. The Balaban J connectivity index is 1.58. The average Bonchev–Trinajstić information content (AvgIpc) is 3.47. The molecule has 0 unspecified atom stereocenters.